The molecule has 1 rings (SSSR count). The molecular formula is C12H16O2S2. The van der Waals surface area contributed by atoms with Crippen molar-refractivity contribution in [3.8, 4) is 0 Å². The molecular weight excluding hydrogens is 240 g/mol. The van der Waals surface area contributed by atoms with Gasteiger partial charge in [-0.2, -0.15) is 11.8 Å². The van der Waals surface area contributed by atoms with Crippen LogP contribution in [0.2, 0.25) is 0 Å². The van der Waals surface area contributed by atoms with Crippen molar-refractivity contribution >= 4 is 29.5 Å². The van der Waals surface area contributed by atoms with E-state index in [9.17, 15) is 4.79 Å². The zero-order valence-electron chi connectivity index (χ0n) is 9.31. The molecule has 1 aromatic rings. The molecule has 0 aliphatic carbocycles. The summed E-state index contributed by atoms with van der Waals surface area (Å²) in [6.07, 6.45) is 1.17. The molecule has 88 valence electrons. The van der Waals surface area contributed by atoms with Gasteiger partial charge >= 0.3 is 5.97 Å². The van der Waals surface area contributed by atoms with Crippen LogP contribution in [-0.2, 0) is 0 Å². The predicted octanol–water partition coefficient (Wildman–Crippen LogP) is 3.62. The van der Waals surface area contributed by atoms with Gasteiger partial charge in [0.15, 0.2) is 0 Å². The zero-order chi connectivity index (χ0) is 11.8. The Bertz CT molecular complexity index is 340. The number of hydrogen-bond donors (Lipinski definition) is 1. The van der Waals surface area contributed by atoms with Gasteiger partial charge < -0.3 is 5.11 Å². The molecule has 1 aromatic carbocycles. The third-order valence-corrected chi connectivity index (χ3v) is 4.05. The van der Waals surface area contributed by atoms with Crippen LogP contribution in [0.4, 0.5) is 0 Å². The summed E-state index contributed by atoms with van der Waals surface area (Å²) in [5, 5.41) is 8.84. The van der Waals surface area contributed by atoms with Gasteiger partial charge in [0.2, 0.25) is 0 Å². The molecule has 16 heavy (non-hydrogen) atoms. The largest absolute Gasteiger partial charge is 0.478 e. The Labute approximate surface area is 105 Å². The highest BCUT2D eigenvalue weighted by molar-refractivity contribution is 8.00. The third-order valence-electron chi connectivity index (χ3n) is 1.99. The third kappa shape index (κ3) is 4.94. The van der Waals surface area contributed by atoms with Crippen LogP contribution in [0.3, 0.4) is 0 Å². The summed E-state index contributed by atoms with van der Waals surface area (Å²) in [5.41, 5.74) is 0.368. The Morgan fingerprint density at radius 1 is 1.38 bits per heavy atom. The lowest BCUT2D eigenvalue weighted by atomic mass is 10.2. The first-order chi connectivity index (χ1) is 7.74. The maximum atomic E-state index is 10.8. The van der Waals surface area contributed by atoms with Crippen molar-refractivity contribution in [3.05, 3.63) is 29.8 Å². The standard InChI is InChI=1S/C12H16O2S2/c1-2-15-7-4-8-16-11-6-3-5-10(9-11)12(13)14/h3,5-6,9H,2,4,7-8H2,1H3,(H,13,14). The van der Waals surface area contributed by atoms with E-state index < -0.39 is 5.97 Å². The van der Waals surface area contributed by atoms with Gasteiger partial charge in [0.25, 0.3) is 0 Å². The molecule has 0 heterocycles. The van der Waals surface area contributed by atoms with Gasteiger partial charge in [-0.1, -0.05) is 13.0 Å². The van der Waals surface area contributed by atoms with Crippen molar-refractivity contribution in [2.45, 2.75) is 18.2 Å². The van der Waals surface area contributed by atoms with Crippen LogP contribution in [0.5, 0.6) is 0 Å². The minimum Gasteiger partial charge on any atom is -0.478 e. The minimum absolute atomic E-state index is 0.368. The van der Waals surface area contributed by atoms with Crippen LogP contribution in [0.25, 0.3) is 0 Å². The quantitative estimate of drug-likeness (QED) is 0.597. The van der Waals surface area contributed by atoms with Gasteiger partial charge in [0.05, 0.1) is 5.56 Å². The van der Waals surface area contributed by atoms with E-state index in [-0.39, 0.29) is 0 Å². The molecule has 1 N–H and O–H groups in total. The van der Waals surface area contributed by atoms with E-state index in [0.717, 1.165) is 10.6 Å². The van der Waals surface area contributed by atoms with Crippen molar-refractivity contribution in [2.24, 2.45) is 0 Å². The van der Waals surface area contributed by atoms with E-state index >= 15 is 0 Å². The number of aromatic carboxylic acids is 1. The van der Waals surface area contributed by atoms with Crippen molar-refractivity contribution in [1.82, 2.24) is 0 Å². The first kappa shape index (κ1) is 13.5. The fraction of sp³-hybridized carbons (Fsp3) is 0.417. The minimum atomic E-state index is -0.857. The second-order valence-corrected chi connectivity index (χ2v) is 5.79. The summed E-state index contributed by atoms with van der Waals surface area (Å²) < 4.78 is 0. The molecule has 0 bridgehead atoms. The van der Waals surface area contributed by atoms with Gasteiger partial charge in [-0.05, 0) is 41.9 Å². The molecule has 0 aliphatic heterocycles. The molecule has 0 aromatic heterocycles. The fourth-order valence-electron chi connectivity index (χ4n) is 1.21. The molecule has 0 atom stereocenters. The van der Waals surface area contributed by atoms with E-state index in [2.05, 4.69) is 6.92 Å². The van der Waals surface area contributed by atoms with Crippen LogP contribution < -0.4 is 0 Å². The van der Waals surface area contributed by atoms with E-state index in [1.54, 1.807) is 30.0 Å². The van der Waals surface area contributed by atoms with Gasteiger partial charge in [-0.3, -0.25) is 0 Å². The highest BCUT2D eigenvalue weighted by Crippen LogP contribution is 2.20. The smallest absolute Gasteiger partial charge is 0.335 e. The lowest BCUT2D eigenvalue weighted by Crippen LogP contribution is -1.95. The maximum absolute atomic E-state index is 10.8. The molecule has 0 fully saturated rings. The van der Waals surface area contributed by atoms with Crippen LogP contribution in [0.1, 0.15) is 23.7 Å². The van der Waals surface area contributed by atoms with Gasteiger partial charge in [-0.25, -0.2) is 4.79 Å². The average molecular weight is 256 g/mol. The first-order valence-corrected chi connectivity index (χ1v) is 7.42. The molecule has 0 unspecified atom stereocenters. The highest BCUT2D eigenvalue weighted by Gasteiger charge is 2.02. The van der Waals surface area contributed by atoms with Crippen LogP contribution in [0, 0.1) is 0 Å². The Morgan fingerprint density at radius 2 is 2.19 bits per heavy atom. The number of hydrogen-bond acceptors (Lipinski definition) is 3. The van der Waals surface area contributed by atoms with Gasteiger partial charge in [0.1, 0.15) is 0 Å². The van der Waals surface area contributed by atoms with Crippen molar-refractivity contribution in [1.29, 1.82) is 0 Å². The number of thioether (sulfide) groups is 2. The van der Waals surface area contributed by atoms with Crippen molar-refractivity contribution in [3.63, 3.8) is 0 Å². The fourth-order valence-corrected chi connectivity index (χ4v) is 2.94. The summed E-state index contributed by atoms with van der Waals surface area (Å²) in [4.78, 5) is 11.8. The van der Waals surface area contributed by atoms with Crippen LogP contribution in [-0.4, -0.2) is 28.3 Å². The molecule has 0 saturated carbocycles. The summed E-state index contributed by atoms with van der Waals surface area (Å²) in [6.45, 7) is 2.16. The second-order valence-electron chi connectivity index (χ2n) is 3.23. The number of rotatable bonds is 7. The lowest BCUT2D eigenvalue weighted by Gasteiger charge is -2.02. The van der Waals surface area contributed by atoms with Gasteiger partial charge in [-0.15, -0.1) is 11.8 Å². The normalized spacial score (nSPS) is 10.3. The Morgan fingerprint density at radius 3 is 2.88 bits per heavy atom. The summed E-state index contributed by atoms with van der Waals surface area (Å²) in [7, 11) is 0. The topological polar surface area (TPSA) is 37.3 Å². The molecule has 0 saturated heterocycles. The number of benzene rings is 1. The molecule has 0 aliphatic rings. The maximum Gasteiger partial charge on any atom is 0.335 e. The van der Waals surface area contributed by atoms with Crippen molar-refractivity contribution in [2.75, 3.05) is 17.3 Å². The van der Waals surface area contributed by atoms with E-state index in [1.807, 2.05) is 17.8 Å². The number of carbonyl (C=O) groups is 1. The molecule has 2 nitrogen and oxygen atoms in total. The zero-order valence-corrected chi connectivity index (χ0v) is 10.9. The molecule has 0 radical (unpaired) electrons. The average Bonchev–Trinajstić information content (AvgIpc) is 2.29. The Balaban J connectivity index is 2.36. The number of carboxylic acids is 1. The summed E-state index contributed by atoms with van der Waals surface area (Å²) in [6, 6.07) is 7.12. The van der Waals surface area contributed by atoms with E-state index in [0.29, 0.717) is 5.56 Å². The first-order valence-electron chi connectivity index (χ1n) is 5.28. The van der Waals surface area contributed by atoms with Crippen LogP contribution >= 0.6 is 23.5 Å². The second kappa shape index (κ2) is 7.63. The SMILES string of the molecule is CCSCCCSc1cccc(C(=O)O)c1. The lowest BCUT2D eigenvalue weighted by molar-refractivity contribution is 0.0696. The van der Waals surface area contributed by atoms with Gasteiger partial charge in [0, 0.05) is 4.90 Å². The van der Waals surface area contributed by atoms with Crippen molar-refractivity contribution < 1.29 is 9.90 Å². The monoisotopic (exact) mass is 256 g/mol. The molecule has 0 amide bonds. The van der Waals surface area contributed by atoms with E-state index in [4.69, 9.17) is 5.11 Å². The summed E-state index contributed by atoms with van der Waals surface area (Å²) >= 11 is 3.67. The highest BCUT2D eigenvalue weighted by atomic mass is 32.2. The molecule has 0 spiro atoms. The number of carboxylic acid groups (broad SMARTS) is 1. The predicted molar refractivity (Wildman–Crippen MR) is 71.7 cm³/mol. The van der Waals surface area contributed by atoms with E-state index in [1.165, 1.54) is 17.9 Å². The Kier molecular flexibility index (Phi) is 6.42. The summed E-state index contributed by atoms with van der Waals surface area (Å²) in [5.74, 6) is 2.54. The van der Waals surface area contributed by atoms with Crippen LogP contribution in [0.15, 0.2) is 29.2 Å². The molecule has 4 heteroatoms. The Hall–Kier alpha value is -0.610.